The minimum Gasteiger partial charge on any atom is -0.481 e. The molecule has 0 aliphatic heterocycles. The van der Waals surface area contributed by atoms with Crippen molar-refractivity contribution in [1.82, 2.24) is 0 Å². The Morgan fingerprint density at radius 3 is 1.36 bits per heavy atom. The highest BCUT2D eigenvalue weighted by atomic mass is 16.5. The molecule has 0 aliphatic carbocycles. The molecule has 0 aromatic heterocycles. The normalized spacial score (nSPS) is 12.6. The van der Waals surface area contributed by atoms with E-state index in [1.54, 1.807) is 0 Å². The first-order valence-electron chi connectivity index (χ1n) is 14.0. The summed E-state index contributed by atoms with van der Waals surface area (Å²) in [5.74, 6) is -1.18. The summed E-state index contributed by atoms with van der Waals surface area (Å²) < 4.78 is 6.01. The monoisotopic (exact) mass is 470 g/mol. The third-order valence-corrected chi connectivity index (χ3v) is 6.19. The minimum absolute atomic E-state index is 0.125. The second-order valence-corrected chi connectivity index (χ2v) is 10.9. The van der Waals surface area contributed by atoms with Gasteiger partial charge in [-0.2, -0.15) is 0 Å². The van der Waals surface area contributed by atoms with Gasteiger partial charge in [-0.15, -0.1) is 0 Å². The number of aliphatic carboxylic acids is 1. The van der Waals surface area contributed by atoms with Crippen LogP contribution >= 0.6 is 0 Å². The summed E-state index contributed by atoms with van der Waals surface area (Å²) in [6.07, 6.45) is 23.5. The van der Waals surface area contributed by atoms with Crippen molar-refractivity contribution in [3.05, 3.63) is 0 Å². The average Bonchev–Trinajstić information content (AvgIpc) is 2.71. The second-order valence-electron chi connectivity index (χ2n) is 10.9. The molecular formula is C28H56NO4+. The van der Waals surface area contributed by atoms with Crippen LogP contribution in [0.15, 0.2) is 0 Å². The summed E-state index contributed by atoms with van der Waals surface area (Å²) in [6, 6.07) is 0. The average molecular weight is 471 g/mol. The molecule has 196 valence electrons. The molecule has 0 bridgehead atoms. The molecular weight excluding hydrogens is 414 g/mol. The maximum Gasteiger partial charge on any atom is 0.307 e. The van der Waals surface area contributed by atoms with Crippen molar-refractivity contribution in [2.75, 3.05) is 27.7 Å². The summed E-state index contributed by atoms with van der Waals surface area (Å²) in [5, 5.41) is 9.03. The van der Waals surface area contributed by atoms with Crippen LogP contribution in [0.3, 0.4) is 0 Å². The third-order valence-electron chi connectivity index (χ3n) is 6.19. The van der Waals surface area contributed by atoms with Gasteiger partial charge in [-0.25, -0.2) is 0 Å². The molecule has 0 radical (unpaired) electrons. The van der Waals surface area contributed by atoms with Gasteiger partial charge in [0.2, 0.25) is 0 Å². The van der Waals surface area contributed by atoms with Crippen LogP contribution in [-0.2, 0) is 14.3 Å². The van der Waals surface area contributed by atoms with E-state index in [0.717, 1.165) is 12.8 Å². The molecule has 1 N–H and O–H groups in total. The molecule has 5 heteroatoms. The summed E-state index contributed by atoms with van der Waals surface area (Å²) in [5.41, 5.74) is 0. The lowest BCUT2D eigenvalue weighted by Crippen LogP contribution is -2.43. The quantitative estimate of drug-likeness (QED) is 0.0900. The highest BCUT2D eigenvalue weighted by Crippen LogP contribution is 2.15. The zero-order valence-corrected chi connectivity index (χ0v) is 22.5. The number of hydrogen-bond acceptors (Lipinski definition) is 3. The van der Waals surface area contributed by atoms with E-state index < -0.39 is 12.1 Å². The fourth-order valence-corrected chi connectivity index (χ4v) is 4.36. The van der Waals surface area contributed by atoms with Gasteiger partial charge in [0.05, 0.1) is 27.6 Å². The molecule has 0 fully saturated rings. The number of unbranched alkanes of at least 4 members (excludes halogenated alkanes) is 17. The Balaban J connectivity index is 3.47. The van der Waals surface area contributed by atoms with E-state index in [-0.39, 0.29) is 12.4 Å². The number of ether oxygens (including phenoxy) is 1. The van der Waals surface area contributed by atoms with Gasteiger partial charge in [0, 0.05) is 6.42 Å². The Labute approximate surface area is 205 Å². The number of carbonyl (C=O) groups is 2. The van der Waals surface area contributed by atoms with Crippen molar-refractivity contribution in [3.63, 3.8) is 0 Å². The van der Waals surface area contributed by atoms with Crippen LogP contribution in [-0.4, -0.2) is 55.3 Å². The van der Waals surface area contributed by atoms with Crippen molar-refractivity contribution in [3.8, 4) is 0 Å². The topological polar surface area (TPSA) is 63.6 Å². The molecule has 33 heavy (non-hydrogen) atoms. The van der Waals surface area contributed by atoms with E-state index in [4.69, 9.17) is 9.84 Å². The molecule has 0 saturated carbocycles. The standard InChI is InChI=1S/C28H55NO4/c1-5-6-7-8-9-10-11-12-13-14-15-16-17-18-19-20-21-22-23-28(32)33-26(24-27(30)31)25-29(2,3)4/h26H,5-25H2,1-4H3/p+1/t26-/m1/s1. The van der Waals surface area contributed by atoms with Crippen LogP contribution in [0.25, 0.3) is 0 Å². The van der Waals surface area contributed by atoms with E-state index >= 15 is 0 Å². The minimum atomic E-state index is -0.922. The molecule has 0 aliphatic rings. The molecule has 1 atom stereocenters. The van der Waals surface area contributed by atoms with Crippen molar-refractivity contribution in [2.45, 2.75) is 141 Å². The smallest absolute Gasteiger partial charge is 0.307 e. The predicted molar refractivity (Wildman–Crippen MR) is 138 cm³/mol. The highest BCUT2D eigenvalue weighted by molar-refractivity contribution is 5.71. The maximum absolute atomic E-state index is 12.1. The van der Waals surface area contributed by atoms with Crippen molar-refractivity contribution < 1.29 is 23.9 Å². The number of carboxylic acids is 1. The number of carbonyl (C=O) groups excluding carboxylic acids is 1. The SMILES string of the molecule is CCCCCCCCCCCCCCCCCCCCC(=O)O[C@H](CC(=O)O)C[N+](C)(C)C. The van der Waals surface area contributed by atoms with Gasteiger partial charge in [0.25, 0.3) is 0 Å². The van der Waals surface area contributed by atoms with E-state index in [9.17, 15) is 9.59 Å². The van der Waals surface area contributed by atoms with Crippen molar-refractivity contribution in [2.24, 2.45) is 0 Å². The van der Waals surface area contributed by atoms with Crippen molar-refractivity contribution in [1.29, 1.82) is 0 Å². The zero-order valence-electron chi connectivity index (χ0n) is 22.5. The maximum atomic E-state index is 12.1. The lowest BCUT2D eigenvalue weighted by Gasteiger charge is -2.28. The number of hydrogen-bond donors (Lipinski definition) is 1. The van der Waals surface area contributed by atoms with Crippen LogP contribution in [0.1, 0.15) is 135 Å². The molecule has 0 saturated heterocycles. The molecule has 5 nitrogen and oxygen atoms in total. The zero-order chi connectivity index (χ0) is 24.8. The Morgan fingerprint density at radius 1 is 0.667 bits per heavy atom. The molecule has 0 unspecified atom stereocenters. The van der Waals surface area contributed by atoms with Gasteiger partial charge in [-0.05, 0) is 6.42 Å². The van der Waals surface area contributed by atoms with Gasteiger partial charge in [0.1, 0.15) is 6.54 Å². The van der Waals surface area contributed by atoms with Crippen LogP contribution in [0.4, 0.5) is 0 Å². The number of carboxylic acid groups (broad SMARTS) is 1. The van der Waals surface area contributed by atoms with Crippen molar-refractivity contribution >= 4 is 11.9 Å². The number of esters is 1. The van der Waals surface area contributed by atoms with Crippen LogP contribution in [0.5, 0.6) is 0 Å². The largest absolute Gasteiger partial charge is 0.481 e. The summed E-state index contributed by atoms with van der Waals surface area (Å²) in [4.78, 5) is 23.1. The summed E-state index contributed by atoms with van der Waals surface area (Å²) in [6.45, 7) is 2.79. The third kappa shape index (κ3) is 25.4. The Kier molecular flexibility index (Phi) is 20.7. The van der Waals surface area contributed by atoms with Gasteiger partial charge in [0.15, 0.2) is 6.10 Å². The van der Waals surface area contributed by atoms with Crippen LogP contribution in [0.2, 0.25) is 0 Å². The van der Waals surface area contributed by atoms with E-state index in [0.29, 0.717) is 17.4 Å². The van der Waals surface area contributed by atoms with Gasteiger partial charge < -0.3 is 14.3 Å². The predicted octanol–water partition coefficient (Wildman–Crippen LogP) is 7.51. The first kappa shape index (κ1) is 31.9. The molecule has 0 rings (SSSR count). The highest BCUT2D eigenvalue weighted by Gasteiger charge is 2.24. The van der Waals surface area contributed by atoms with Gasteiger partial charge in [-0.3, -0.25) is 9.59 Å². The Morgan fingerprint density at radius 2 is 1.03 bits per heavy atom. The lowest BCUT2D eigenvalue weighted by molar-refractivity contribution is -0.873. The Bertz CT molecular complexity index is 473. The lowest BCUT2D eigenvalue weighted by atomic mass is 10.0. The Hall–Kier alpha value is -1.10. The molecule has 0 heterocycles. The fourth-order valence-electron chi connectivity index (χ4n) is 4.36. The van der Waals surface area contributed by atoms with E-state index in [1.807, 2.05) is 21.1 Å². The number of rotatable bonds is 24. The first-order valence-corrected chi connectivity index (χ1v) is 14.0. The second kappa shape index (κ2) is 21.4. The van der Waals surface area contributed by atoms with E-state index in [1.165, 1.54) is 103 Å². The van der Waals surface area contributed by atoms with Crippen LogP contribution in [0, 0.1) is 0 Å². The number of nitrogens with zero attached hydrogens (tertiary/aromatic N) is 1. The fraction of sp³-hybridized carbons (Fsp3) is 0.929. The van der Waals surface area contributed by atoms with Crippen LogP contribution < -0.4 is 0 Å². The van der Waals surface area contributed by atoms with Gasteiger partial charge >= 0.3 is 11.9 Å². The summed E-state index contributed by atoms with van der Waals surface area (Å²) >= 11 is 0. The molecule has 0 aromatic rings. The number of quaternary nitrogens is 1. The molecule has 0 spiro atoms. The number of likely N-dealkylation sites (N-methyl/N-ethyl adjacent to an activating group) is 1. The molecule has 0 aromatic carbocycles. The van der Waals surface area contributed by atoms with Gasteiger partial charge in [-0.1, -0.05) is 116 Å². The van der Waals surface area contributed by atoms with E-state index in [2.05, 4.69) is 6.92 Å². The molecule has 0 amide bonds. The summed E-state index contributed by atoms with van der Waals surface area (Å²) in [7, 11) is 5.92. The first-order chi connectivity index (χ1) is 15.7.